The lowest BCUT2D eigenvalue weighted by Crippen LogP contribution is -2.71. The number of anilines is 1. The number of amides is 2. The van der Waals surface area contributed by atoms with E-state index in [2.05, 4.69) is 20.4 Å². The number of benzene rings is 1. The first kappa shape index (κ1) is 28.3. The lowest BCUT2D eigenvalue weighted by Gasteiger charge is -2.49. The van der Waals surface area contributed by atoms with E-state index in [4.69, 9.17) is 15.0 Å². The van der Waals surface area contributed by atoms with Crippen LogP contribution in [0.1, 0.15) is 12.6 Å². The van der Waals surface area contributed by atoms with Crippen LogP contribution in [-0.2, 0) is 19.2 Å². The monoisotopic (exact) mass is 618 g/mol. The second-order valence-corrected chi connectivity index (χ2v) is 11.5. The maximum Gasteiger partial charge on any atom is 0.352 e. The fourth-order valence-corrected chi connectivity index (χ4v) is 6.85. The van der Waals surface area contributed by atoms with Crippen molar-refractivity contribution in [2.75, 3.05) is 23.8 Å². The van der Waals surface area contributed by atoms with Gasteiger partial charge in [0.25, 0.3) is 17.0 Å². The summed E-state index contributed by atoms with van der Waals surface area (Å²) in [7, 11) is 0. The largest absolute Gasteiger partial charge is 0.504 e. The molecule has 4 heterocycles. The number of thiazole rings is 1. The Kier molecular flexibility index (Phi) is 8.09. The van der Waals surface area contributed by atoms with Crippen molar-refractivity contribution in [1.82, 2.24) is 20.2 Å². The first-order chi connectivity index (χ1) is 19.7. The second-order valence-electron chi connectivity index (χ2n) is 8.53. The number of oxime groups is 1. The van der Waals surface area contributed by atoms with Crippen molar-refractivity contribution in [2.24, 2.45) is 5.16 Å². The zero-order valence-corrected chi connectivity index (χ0v) is 23.6. The van der Waals surface area contributed by atoms with Gasteiger partial charge < -0.3 is 35.6 Å². The van der Waals surface area contributed by atoms with E-state index < -0.39 is 29.2 Å². The molecule has 214 valence electrons. The summed E-state index contributed by atoms with van der Waals surface area (Å²) < 4.78 is 5.70. The van der Waals surface area contributed by atoms with Gasteiger partial charge in [-0.2, -0.15) is 0 Å². The molecule has 2 aliphatic rings. The molecule has 0 unspecified atom stereocenters. The Bertz CT molecular complexity index is 1580. The van der Waals surface area contributed by atoms with Crippen LogP contribution in [0.25, 0.3) is 11.3 Å². The lowest BCUT2D eigenvalue weighted by molar-refractivity contribution is -0.150. The van der Waals surface area contributed by atoms with Crippen molar-refractivity contribution in [3.05, 3.63) is 46.7 Å². The SMILES string of the molecule is CCON=C(C(=O)N[C@@H]1C(=O)N2C(C(=O)O)=C(CSc3ncc(-c4ccc(O)c(O)c4)o3)CS[C@@H]12)c1csc(N)n1. The third-order valence-electron chi connectivity index (χ3n) is 5.92. The minimum absolute atomic E-state index is 0.147. The predicted molar refractivity (Wildman–Crippen MR) is 150 cm³/mol. The standard InChI is InChI=1S/C24H22N6O8S3/c1-2-37-29-16(12-9-40-23(25)27-12)19(33)28-17-20(34)30-18(22(35)36)11(7-39-21(17)30)8-41-24-26-6-15(38-24)10-3-4-13(31)14(32)5-10/h3-6,9,17,21,31-32H,2,7-8H2,1H3,(H2,25,27)(H,28,33)(H,35,36)/t17-,21+/m1/s1. The lowest BCUT2D eigenvalue weighted by atomic mass is 10.0. The molecule has 17 heteroatoms. The van der Waals surface area contributed by atoms with Gasteiger partial charge in [0.15, 0.2) is 28.1 Å². The van der Waals surface area contributed by atoms with Gasteiger partial charge in [-0.05, 0) is 30.7 Å². The normalized spacial score (nSPS) is 18.6. The van der Waals surface area contributed by atoms with E-state index in [0.29, 0.717) is 16.9 Å². The first-order valence-corrected chi connectivity index (χ1v) is 14.8. The molecular weight excluding hydrogens is 596 g/mol. The summed E-state index contributed by atoms with van der Waals surface area (Å²) in [5.41, 5.74) is 6.55. The molecule has 41 heavy (non-hydrogen) atoms. The second kappa shape index (κ2) is 11.7. The smallest absolute Gasteiger partial charge is 0.352 e. The highest BCUT2D eigenvalue weighted by Crippen LogP contribution is 2.42. The molecular formula is C24H22N6O8S3. The molecule has 0 bridgehead atoms. The Labute approximate surface area is 244 Å². The third kappa shape index (κ3) is 5.68. The van der Waals surface area contributed by atoms with Gasteiger partial charge in [0.1, 0.15) is 29.4 Å². The van der Waals surface area contributed by atoms with Crippen LogP contribution in [0.2, 0.25) is 0 Å². The summed E-state index contributed by atoms with van der Waals surface area (Å²) >= 11 is 3.57. The van der Waals surface area contributed by atoms with Gasteiger partial charge in [-0.1, -0.05) is 16.9 Å². The van der Waals surface area contributed by atoms with E-state index in [1.165, 1.54) is 35.5 Å². The Morgan fingerprint density at radius 1 is 1.34 bits per heavy atom. The number of nitrogens with one attached hydrogen (secondary N) is 1. The minimum atomic E-state index is -1.27. The number of aromatic nitrogens is 2. The summed E-state index contributed by atoms with van der Waals surface area (Å²) in [4.78, 5) is 52.7. The quantitative estimate of drug-likeness (QED) is 0.0724. The van der Waals surface area contributed by atoms with Crippen LogP contribution in [0.3, 0.4) is 0 Å². The van der Waals surface area contributed by atoms with Gasteiger partial charge in [0, 0.05) is 22.4 Å². The maximum absolute atomic E-state index is 13.1. The van der Waals surface area contributed by atoms with Crippen LogP contribution in [0.4, 0.5) is 5.13 Å². The van der Waals surface area contributed by atoms with E-state index in [0.717, 1.165) is 28.0 Å². The fourth-order valence-electron chi connectivity index (χ4n) is 4.02. The van der Waals surface area contributed by atoms with Gasteiger partial charge in [-0.3, -0.25) is 14.5 Å². The summed E-state index contributed by atoms with van der Waals surface area (Å²) in [6.07, 6.45) is 1.45. The number of nitrogens with two attached hydrogens (primary N) is 1. The summed E-state index contributed by atoms with van der Waals surface area (Å²) in [5.74, 6) is -2.31. The minimum Gasteiger partial charge on any atom is -0.504 e. The zero-order valence-electron chi connectivity index (χ0n) is 21.1. The van der Waals surface area contributed by atoms with Crippen LogP contribution in [-0.4, -0.2) is 83.2 Å². The molecule has 2 amide bonds. The van der Waals surface area contributed by atoms with Gasteiger partial charge in [0.05, 0.1) is 6.20 Å². The molecule has 5 rings (SSSR count). The molecule has 1 aromatic carbocycles. The number of fused-ring (bicyclic) bond motifs is 1. The van der Waals surface area contributed by atoms with Crippen molar-refractivity contribution in [3.63, 3.8) is 0 Å². The van der Waals surface area contributed by atoms with Crippen molar-refractivity contribution >= 4 is 63.5 Å². The number of carbonyl (C=O) groups excluding carboxylic acids is 2. The van der Waals surface area contributed by atoms with Crippen molar-refractivity contribution < 1.29 is 39.0 Å². The fraction of sp³-hybridized carbons (Fsp3) is 0.250. The number of phenols is 2. The molecule has 6 N–H and O–H groups in total. The van der Waals surface area contributed by atoms with Crippen LogP contribution in [0.5, 0.6) is 11.5 Å². The summed E-state index contributed by atoms with van der Waals surface area (Å²) in [5, 5.41) is 37.0. The molecule has 0 radical (unpaired) electrons. The highest BCUT2D eigenvalue weighted by atomic mass is 32.2. The van der Waals surface area contributed by atoms with Gasteiger partial charge in [-0.15, -0.1) is 23.1 Å². The highest BCUT2D eigenvalue weighted by Gasteiger charge is 2.54. The van der Waals surface area contributed by atoms with Gasteiger partial charge in [0.2, 0.25) is 0 Å². The number of aliphatic carboxylic acids is 1. The number of aromatic hydroxyl groups is 2. The Hall–Kier alpha value is -4.22. The number of carboxylic acid groups (broad SMARTS) is 1. The number of thioether (sulfide) groups is 2. The number of nitrogen functional groups attached to an aromatic ring is 1. The van der Waals surface area contributed by atoms with Crippen LogP contribution >= 0.6 is 34.9 Å². The molecule has 3 aromatic rings. The van der Waals surface area contributed by atoms with Crippen LogP contribution < -0.4 is 11.1 Å². The van der Waals surface area contributed by atoms with Crippen molar-refractivity contribution in [2.45, 2.75) is 23.6 Å². The van der Waals surface area contributed by atoms with Crippen molar-refractivity contribution in [1.29, 1.82) is 0 Å². The number of rotatable bonds is 10. The molecule has 1 saturated heterocycles. The molecule has 2 aliphatic heterocycles. The average molecular weight is 619 g/mol. The Balaban J connectivity index is 1.28. The predicted octanol–water partition coefficient (Wildman–Crippen LogP) is 2.06. The number of carboxylic acids is 1. The van der Waals surface area contributed by atoms with Crippen molar-refractivity contribution in [3.8, 4) is 22.8 Å². The zero-order chi connectivity index (χ0) is 29.3. The molecule has 2 atom stereocenters. The number of oxazole rings is 1. The molecule has 0 spiro atoms. The third-order valence-corrected chi connectivity index (χ3v) is 8.86. The number of carbonyl (C=O) groups is 3. The Morgan fingerprint density at radius 3 is 2.83 bits per heavy atom. The maximum atomic E-state index is 13.1. The van der Waals surface area contributed by atoms with E-state index in [-0.39, 0.29) is 57.1 Å². The first-order valence-electron chi connectivity index (χ1n) is 11.9. The Morgan fingerprint density at radius 2 is 2.15 bits per heavy atom. The number of nitrogens with zero attached hydrogens (tertiary/aromatic N) is 4. The number of phenolic OH excluding ortho intramolecular Hbond substituents is 2. The van der Waals surface area contributed by atoms with E-state index in [1.54, 1.807) is 13.0 Å². The summed E-state index contributed by atoms with van der Waals surface area (Å²) in [6, 6.07) is 3.22. The molecule has 1 fully saturated rings. The van der Waals surface area contributed by atoms with E-state index in [9.17, 15) is 29.7 Å². The van der Waals surface area contributed by atoms with Gasteiger partial charge in [-0.25, -0.2) is 14.8 Å². The van der Waals surface area contributed by atoms with Gasteiger partial charge >= 0.3 is 5.97 Å². The van der Waals surface area contributed by atoms with Crippen LogP contribution in [0, 0.1) is 0 Å². The topological polar surface area (TPSA) is 214 Å². The number of β-lactam (4-membered cyclic amide) rings is 1. The molecule has 0 aliphatic carbocycles. The van der Waals surface area contributed by atoms with E-state index >= 15 is 0 Å². The highest BCUT2D eigenvalue weighted by molar-refractivity contribution is 8.01. The summed E-state index contributed by atoms with van der Waals surface area (Å²) in [6.45, 7) is 1.89. The molecule has 14 nitrogen and oxygen atoms in total. The average Bonchev–Trinajstić information content (AvgIpc) is 3.60. The number of hydrogen-bond acceptors (Lipinski definition) is 14. The van der Waals surface area contributed by atoms with E-state index in [1.807, 2.05) is 0 Å². The molecule has 0 saturated carbocycles. The molecule has 2 aromatic heterocycles. The van der Waals surface area contributed by atoms with Crippen LogP contribution in [0.15, 0.2) is 55.8 Å². The number of hydrogen-bond donors (Lipinski definition) is 5.